The van der Waals surface area contributed by atoms with Crippen LogP contribution in [0.2, 0.25) is 0 Å². The van der Waals surface area contributed by atoms with Gasteiger partial charge in [0.1, 0.15) is 0 Å². The van der Waals surface area contributed by atoms with Crippen molar-refractivity contribution in [1.82, 2.24) is 4.90 Å². The van der Waals surface area contributed by atoms with Crippen molar-refractivity contribution in [2.24, 2.45) is 33.5 Å². The Morgan fingerprint density at radius 2 is 1.36 bits per heavy atom. The molecular formula is C22H41NO2. The molecule has 0 aromatic heterocycles. The van der Waals surface area contributed by atoms with Crippen LogP contribution >= 0.6 is 0 Å². The van der Waals surface area contributed by atoms with Crippen LogP contribution < -0.4 is 0 Å². The molecule has 0 heterocycles. The minimum absolute atomic E-state index is 0.0313. The molecule has 2 N–H and O–H groups in total. The molecule has 4 saturated carbocycles. The standard InChI is InChI=1S/C12H23NO.C10H18O/c1-11(2)8-6-7-12(11,3)10(14)9(8)13(4)5;1-9(2)7-4-5-10(9,3)8(11)6-7/h8-10,14H,6-7H2,1-5H3;7-8,11H,4-6H2,1-3H3. The smallest absolute Gasteiger partial charge is 0.0756 e. The monoisotopic (exact) mass is 351 g/mol. The maximum absolute atomic E-state index is 10.4. The van der Waals surface area contributed by atoms with E-state index in [1.807, 2.05) is 0 Å². The summed E-state index contributed by atoms with van der Waals surface area (Å²) >= 11 is 0. The van der Waals surface area contributed by atoms with Gasteiger partial charge in [-0.25, -0.2) is 0 Å². The summed E-state index contributed by atoms with van der Waals surface area (Å²) in [5, 5.41) is 20.2. The van der Waals surface area contributed by atoms with Gasteiger partial charge < -0.3 is 15.1 Å². The number of aliphatic hydroxyl groups is 2. The molecule has 0 aliphatic heterocycles. The van der Waals surface area contributed by atoms with E-state index in [4.69, 9.17) is 0 Å². The van der Waals surface area contributed by atoms with Gasteiger partial charge in [0.25, 0.3) is 0 Å². The van der Waals surface area contributed by atoms with Crippen LogP contribution in [0.1, 0.15) is 73.6 Å². The lowest BCUT2D eigenvalue weighted by atomic mass is 9.70. The fraction of sp³-hybridized carbons (Fsp3) is 1.00. The molecule has 4 fully saturated rings. The SMILES string of the molecule is CC1(C)C2CCC1(C)C(O)C2.CN(C)C1C2CCC(C)(C1O)C2(C)C. The predicted octanol–water partition coefficient (Wildman–Crippen LogP) is 3.93. The highest BCUT2D eigenvalue weighted by Gasteiger charge is 2.66. The van der Waals surface area contributed by atoms with Gasteiger partial charge in [-0.2, -0.15) is 0 Å². The molecule has 0 amide bonds. The van der Waals surface area contributed by atoms with Gasteiger partial charge in [-0.3, -0.25) is 0 Å². The molecule has 4 aliphatic carbocycles. The Balaban J connectivity index is 0.000000150. The van der Waals surface area contributed by atoms with Crippen LogP contribution in [0.3, 0.4) is 0 Å². The number of likely N-dealkylation sites (N-methyl/N-ethyl adjacent to an activating group) is 1. The van der Waals surface area contributed by atoms with Gasteiger partial charge in [-0.05, 0) is 74.3 Å². The molecule has 7 atom stereocenters. The van der Waals surface area contributed by atoms with E-state index >= 15 is 0 Å². The van der Waals surface area contributed by atoms with Crippen molar-refractivity contribution in [3.8, 4) is 0 Å². The number of hydrogen-bond acceptors (Lipinski definition) is 3. The van der Waals surface area contributed by atoms with E-state index in [9.17, 15) is 10.2 Å². The zero-order chi connectivity index (χ0) is 19.0. The van der Waals surface area contributed by atoms with E-state index in [1.165, 1.54) is 25.7 Å². The summed E-state index contributed by atoms with van der Waals surface area (Å²) in [6.07, 6.45) is 5.90. The van der Waals surface area contributed by atoms with Crippen molar-refractivity contribution >= 4 is 0 Å². The lowest BCUT2D eigenvalue weighted by Gasteiger charge is -2.38. The van der Waals surface area contributed by atoms with Gasteiger partial charge in [0.05, 0.1) is 12.2 Å². The second kappa shape index (κ2) is 5.69. The number of fused-ring (bicyclic) bond motifs is 4. The van der Waals surface area contributed by atoms with Crippen molar-refractivity contribution < 1.29 is 10.2 Å². The Bertz CT molecular complexity index is 528. The summed E-state index contributed by atoms with van der Waals surface area (Å²) < 4.78 is 0. The van der Waals surface area contributed by atoms with Crippen LogP contribution in [-0.4, -0.2) is 47.5 Å². The summed E-state index contributed by atoms with van der Waals surface area (Å²) in [5.74, 6) is 1.44. The molecule has 25 heavy (non-hydrogen) atoms. The van der Waals surface area contributed by atoms with Crippen molar-refractivity contribution in [2.45, 2.75) is 91.9 Å². The first-order valence-corrected chi connectivity index (χ1v) is 10.3. The van der Waals surface area contributed by atoms with Gasteiger partial charge >= 0.3 is 0 Å². The predicted molar refractivity (Wildman–Crippen MR) is 103 cm³/mol. The summed E-state index contributed by atoms with van der Waals surface area (Å²) in [4.78, 5) is 2.21. The first-order valence-electron chi connectivity index (χ1n) is 10.3. The Kier molecular flexibility index (Phi) is 4.47. The molecule has 7 unspecified atom stereocenters. The summed E-state index contributed by atoms with van der Waals surface area (Å²) in [6.45, 7) is 13.8. The second-order valence-corrected chi connectivity index (χ2v) is 11.3. The second-order valence-electron chi connectivity index (χ2n) is 11.3. The quantitative estimate of drug-likeness (QED) is 0.752. The Hall–Kier alpha value is -0.120. The molecule has 0 saturated heterocycles. The molecular weight excluding hydrogens is 310 g/mol. The number of hydrogen-bond donors (Lipinski definition) is 2. The van der Waals surface area contributed by atoms with Gasteiger partial charge in [0.15, 0.2) is 0 Å². The van der Waals surface area contributed by atoms with Crippen LogP contribution in [-0.2, 0) is 0 Å². The molecule has 146 valence electrons. The van der Waals surface area contributed by atoms with Crippen LogP contribution in [0, 0.1) is 33.5 Å². The van der Waals surface area contributed by atoms with Gasteiger partial charge in [0.2, 0.25) is 0 Å². The molecule has 0 aromatic carbocycles. The molecule has 0 spiro atoms. The van der Waals surface area contributed by atoms with Crippen LogP contribution in [0.5, 0.6) is 0 Å². The molecule has 4 aliphatic rings. The number of rotatable bonds is 1. The maximum Gasteiger partial charge on any atom is 0.0756 e. The maximum atomic E-state index is 10.4. The van der Waals surface area contributed by atoms with Crippen LogP contribution in [0.4, 0.5) is 0 Å². The van der Waals surface area contributed by atoms with E-state index < -0.39 is 0 Å². The highest BCUT2D eigenvalue weighted by atomic mass is 16.3. The van der Waals surface area contributed by atoms with E-state index in [1.54, 1.807) is 0 Å². The molecule has 4 rings (SSSR count). The van der Waals surface area contributed by atoms with Crippen LogP contribution in [0.25, 0.3) is 0 Å². The van der Waals surface area contributed by atoms with E-state index in [0.29, 0.717) is 22.8 Å². The average Bonchev–Trinajstić information content (AvgIpc) is 2.98. The minimum atomic E-state index is -0.147. The largest absolute Gasteiger partial charge is 0.393 e. The van der Waals surface area contributed by atoms with Gasteiger partial charge in [-0.1, -0.05) is 41.5 Å². The van der Waals surface area contributed by atoms with Crippen molar-refractivity contribution in [3.63, 3.8) is 0 Å². The van der Waals surface area contributed by atoms with Gasteiger partial charge in [-0.15, -0.1) is 0 Å². The lowest BCUT2D eigenvalue weighted by Crippen LogP contribution is -2.46. The molecule has 4 bridgehead atoms. The van der Waals surface area contributed by atoms with E-state index in [2.05, 4.69) is 60.5 Å². The Morgan fingerprint density at radius 1 is 0.800 bits per heavy atom. The lowest BCUT2D eigenvalue weighted by molar-refractivity contribution is -0.0195. The normalized spacial score (nSPS) is 51.7. The Labute approximate surface area is 155 Å². The fourth-order valence-electron chi connectivity index (χ4n) is 7.09. The first kappa shape index (κ1) is 19.6. The number of aliphatic hydroxyl groups excluding tert-OH is 2. The van der Waals surface area contributed by atoms with Crippen molar-refractivity contribution in [2.75, 3.05) is 14.1 Å². The van der Waals surface area contributed by atoms with Gasteiger partial charge in [0, 0.05) is 11.5 Å². The summed E-state index contributed by atoms with van der Waals surface area (Å²) in [5.41, 5.74) is 1.03. The first-order chi connectivity index (χ1) is 11.3. The fourth-order valence-corrected chi connectivity index (χ4v) is 7.09. The molecule has 0 aromatic rings. The Morgan fingerprint density at radius 3 is 1.60 bits per heavy atom. The number of nitrogens with zero attached hydrogens (tertiary/aromatic N) is 1. The highest BCUT2D eigenvalue weighted by molar-refractivity contribution is 5.17. The molecule has 0 radical (unpaired) electrons. The van der Waals surface area contributed by atoms with Crippen molar-refractivity contribution in [3.05, 3.63) is 0 Å². The zero-order valence-electron chi connectivity index (χ0n) is 17.8. The molecule has 3 heteroatoms. The summed E-state index contributed by atoms with van der Waals surface area (Å²) in [7, 11) is 4.18. The minimum Gasteiger partial charge on any atom is -0.393 e. The van der Waals surface area contributed by atoms with E-state index in [-0.39, 0.29) is 23.0 Å². The third-order valence-corrected chi connectivity index (χ3v) is 10.1. The highest BCUT2D eigenvalue weighted by Crippen LogP contribution is 2.66. The van der Waals surface area contributed by atoms with E-state index in [0.717, 1.165) is 12.3 Å². The average molecular weight is 352 g/mol. The zero-order valence-corrected chi connectivity index (χ0v) is 17.8. The topological polar surface area (TPSA) is 43.7 Å². The van der Waals surface area contributed by atoms with Crippen LogP contribution in [0.15, 0.2) is 0 Å². The third-order valence-electron chi connectivity index (χ3n) is 10.1. The third kappa shape index (κ3) is 2.34. The summed E-state index contributed by atoms with van der Waals surface area (Å²) in [6, 6.07) is 0.365. The molecule has 3 nitrogen and oxygen atoms in total. The van der Waals surface area contributed by atoms with Crippen molar-refractivity contribution in [1.29, 1.82) is 0 Å².